The van der Waals surface area contributed by atoms with Crippen LogP contribution in [0, 0.1) is 10.1 Å². The largest absolute Gasteiger partial charge is 0.385 e. The van der Waals surface area contributed by atoms with Gasteiger partial charge in [-0.2, -0.15) is 0 Å². The van der Waals surface area contributed by atoms with E-state index in [0.717, 1.165) is 19.5 Å². The zero-order valence-electron chi connectivity index (χ0n) is 12.5. The fourth-order valence-electron chi connectivity index (χ4n) is 1.75. The molecule has 0 aromatic heterocycles. The van der Waals surface area contributed by atoms with Gasteiger partial charge in [-0.15, -0.1) is 0 Å². The van der Waals surface area contributed by atoms with Crippen molar-refractivity contribution in [2.75, 3.05) is 26.8 Å². The number of nitrogens with one attached hydrogen (secondary N) is 2. The lowest BCUT2D eigenvalue weighted by Gasteiger charge is -2.11. The second-order valence-electron chi connectivity index (χ2n) is 4.35. The Morgan fingerprint density at radius 3 is 2.81 bits per heavy atom. The maximum atomic E-state index is 10.9. The number of rotatable bonds is 8. The van der Waals surface area contributed by atoms with Crippen molar-refractivity contribution in [1.82, 2.24) is 10.6 Å². The van der Waals surface area contributed by atoms with E-state index in [2.05, 4.69) is 15.6 Å². The number of nitro groups is 1. The fourth-order valence-corrected chi connectivity index (χ4v) is 1.75. The normalized spacial score (nSPS) is 11.2. The van der Waals surface area contributed by atoms with E-state index < -0.39 is 0 Å². The fraction of sp³-hybridized carbons (Fsp3) is 0.500. The third kappa shape index (κ3) is 6.22. The van der Waals surface area contributed by atoms with Crippen LogP contribution in [0.15, 0.2) is 29.3 Å². The first-order valence-electron chi connectivity index (χ1n) is 6.92. The van der Waals surface area contributed by atoms with E-state index in [4.69, 9.17) is 4.74 Å². The smallest absolute Gasteiger partial charge is 0.274 e. The van der Waals surface area contributed by atoms with Gasteiger partial charge in [0, 0.05) is 32.9 Å². The number of ether oxygens (including phenoxy) is 1. The number of aliphatic imine (C=N–C) groups is 1. The molecule has 0 saturated carbocycles. The molecule has 0 aliphatic heterocycles. The van der Waals surface area contributed by atoms with Crippen LogP contribution in [-0.2, 0) is 11.3 Å². The van der Waals surface area contributed by atoms with Gasteiger partial charge in [-0.05, 0) is 13.3 Å². The summed E-state index contributed by atoms with van der Waals surface area (Å²) in [4.78, 5) is 14.9. The summed E-state index contributed by atoms with van der Waals surface area (Å²) >= 11 is 0. The van der Waals surface area contributed by atoms with Crippen molar-refractivity contribution >= 4 is 11.6 Å². The van der Waals surface area contributed by atoms with Crippen molar-refractivity contribution in [3.63, 3.8) is 0 Å². The summed E-state index contributed by atoms with van der Waals surface area (Å²) in [5, 5.41) is 17.2. The Bertz CT molecular complexity index is 477. The molecule has 116 valence electrons. The molecule has 0 spiro atoms. The number of hydrogen-bond acceptors (Lipinski definition) is 4. The van der Waals surface area contributed by atoms with Gasteiger partial charge < -0.3 is 15.4 Å². The van der Waals surface area contributed by atoms with Crippen LogP contribution in [0.2, 0.25) is 0 Å². The lowest BCUT2D eigenvalue weighted by Crippen LogP contribution is -2.38. The highest BCUT2D eigenvalue weighted by atomic mass is 16.6. The second-order valence-corrected chi connectivity index (χ2v) is 4.35. The molecule has 0 aliphatic rings. The molecule has 0 heterocycles. The number of nitro benzene ring substituents is 1. The predicted octanol–water partition coefficient (Wildman–Crippen LogP) is 1.69. The number of methoxy groups -OCH3 is 1. The molecule has 7 heteroatoms. The SMILES string of the molecule is CCNC(=NCc1ccccc1[N+](=O)[O-])NCCCOC. The predicted molar refractivity (Wildman–Crippen MR) is 82.4 cm³/mol. The van der Waals surface area contributed by atoms with Gasteiger partial charge in [-0.25, -0.2) is 4.99 Å². The van der Waals surface area contributed by atoms with Crippen LogP contribution in [0.25, 0.3) is 0 Å². The number of nitrogens with zero attached hydrogens (tertiary/aromatic N) is 2. The number of benzene rings is 1. The van der Waals surface area contributed by atoms with Gasteiger partial charge in [0.1, 0.15) is 0 Å². The Hall–Kier alpha value is -2.15. The van der Waals surface area contributed by atoms with Gasteiger partial charge in [0.05, 0.1) is 17.0 Å². The Kier molecular flexibility index (Phi) is 7.81. The van der Waals surface area contributed by atoms with Crippen LogP contribution >= 0.6 is 0 Å². The monoisotopic (exact) mass is 294 g/mol. The highest BCUT2D eigenvalue weighted by molar-refractivity contribution is 5.79. The van der Waals surface area contributed by atoms with Crippen molar-refractivity contribution in [2.45, 2.75) is 19.9 Å². The first-order valence-corrected chi connectivity index (χ1v) is 6.92. The van der Waals surface area contributed by atoms with Crippen LogP contribution < -0.4 is 10.6 Å². The molecular formula is C14H22N4O3. The van der Waals surface area contributed by atoms with Crippen molar-refractivity contribution in [2.24, 2.45) is 4.99 Å². The molecule has 0 fully saturated rings. The van der Waals surface area contributed by atoms with E-state index in [9.17, 15) is 10.1 Å². The van der Waals surface area contributed by atoms with E-state index in [1.54, 1.807) is 25.3 Å². The zero-order chi connectivity index (χ0) is 15.5. The summed E-state index contributed by atoms with van der Waals surface area (Å²) in [7, 11) is 1.66. The van der Waals surface area contributed by atoms with Gasteiger partial charge in [0.25, 0.3) is 5.69 Å². The Labute approximate surface area is 124 Å². The highest BCUT2D eigenvalue weighted by Gasteiger charge is 2.11. The van der Waals surface area contributed by atoms with Crippen LogP contribution in [0.4, 0.5) is 5.69 Å². The molecule has 21 heavy (non-hydrogen) atoms. The first kappa shape index (κ1) is 16.9. The Balaban J connectivity index is 2.67. The first-order chi connectivity index (χ1) is 10.2. The molecule has 2 N–H and O–H groups in total. The lowest BCUT2D eigenvalue weighted by molar-refractivity contribution is -0.385. The van der Waals surface area contributed by atoms with Crippen molar-refractivity contribution in [1.29, 1.82) is 0 Å². The minimum Gasteiger partial charge on any atom is -0.385 e. The summed E-state index contributed by atoms with van der Waals surface area (Å²) in [5.74, 6) is 0.645. The van der Waals surface area contributed by atoms with Gasteiger partial charge in [-0.3, -0.25) is 10.1 Å². The van der Waals surface area contributed by atoms with Crippen LogP contribution in [0.3, 0.4) is 0 Å². The average molecular weight is 294 g/mol. The molecule has 0 unspecified atom stereocenters. The third-order valence-corrected chi connectivity index (χ3v) is 2.76. The molecule has 1 aromatic rings. The molecule has 1 rings (SSSR count). The van der Waals surface area contributed by atoms with Gasteiger partial charge >= 0.3 is 0 Å². The highest BCUT2D eigenvalue weighted by Crippen LogP contribution is 2.18. The average Bonchev–Trinajstić information content (AvgIpc) is 2.49. The lowest BCUT2D eigenvalue weighted by atomic mass is 10.2. The van der Waals surface area contributed by atoms with Crippen LogP contribution in [-0.4, -0.2) is 37.7 Å². The van der Waals surface area contributed by atoms with Crippen molar-refractivity contribution < 1.29 is 9.66 Å². The maximum absolute atomic E-state index is 10.9. The third-order valence-electron chi connectivity index (χ3n) is 2.76. The van der Waals surface area contributed by atoms with Crippen molar-refractivity contribution in [3.05, 3.63) is 39.9 Å². The summed E-state index contributed by atoms with van der Waals surface area (Å²) in [6.45, 7) is 4.37. The minimum absolute atomic E-state index is 0.0940. The molecular weight excluding hydrogens is 272 g/mol. The van der Waals surface area contributed by atoms with E-state index in [0.29, 0.717) is 18.1 Å². The van der Waals surface area contributed by atoms with Crippen LogP contribution in [0.1, 0.15) is 18.9 Å². The topological polar surface area (TPSA) is 88.8 Å². The number of hydrogen-bond donors (Lipinski definition) is 2. The van der Waals surface area contributed by atoms with Gasteiger partial charge in [-0.1, -0.05) is 18.2 Å². The van der Waals surface area contributed by atoms with E-state index in [-0.39, 0.29) is 17.2 Å². The van der Waals surface area contributed by atoms with E-state index in [1.807, 2.05) is 6.92 Å². The summed E-state index contributed by atoms with van der Waals surface area (Å²) < 4.78 is 4.98. The molecule has 0 aliphatic carbocycles. The molecule has 0 atom stereocenters. The maximum Gasteiger partial charge on any atom is 0.274 e. The van der Waals surface area contributed by atoms with Crippen molar-refractivity contribution in [3.8, 4) is 0 Å². The standard InChI is InChI=1S/C14H22N4O3/c1-3-15-14(16-9-6-10-21-2)17-11-12-7-4-5-8-13(12)18(19)20/h4-5,7-8H,3,6,9-11H2,1-2H3,(H2,15,16,17). The van der Waals surface area contributed by atoms with Gasteiger partial charge in [0.2, 0.25) is 0 Å². The Morgan fingerprint density at radius 2 is 2.14 bits per heavy atom. The van der Waals surface area contributed by atoms with E-state index in [1.165, 1.54) is 6.07 Å². The molecule has 0 amide bonds. The Morgan fingerprint density at radius 1 is 1.38 bits per heavy atom. The minimum atomic E-state index is -0.385. The molecule has 0 saturated heterocycles. The molecule has 7 nitrogen and oxygen atoms in total. The van der Waals surface area contributed by atoms with E-state index >= 15 is 0 Å². The van der Waals surface area contributed by atoms with Gasteiger partial charge in [0.15, 0.2) is 5.96 Å². The summed E-state index contributed by atoms with van der Waals surface area (Å²) in [6.07, 6.45) is 0.867. The number of para-hydroxylation sites is 1. The molecule has 1 aromatic carbocycles. The summed E-state index contributed by atoms with van der Waals surface area (Å²) in [5.41, 5.74) is 0.688. The zero-order valence-corrected chi connectivity index (χ0v) is 12.5. The molecule has 0 bridgehead atoms. The molecule has 0 radical (unpaired) electrons. The second kappa shape index (κ2) is 9.71. The number of guanidine groups is 1. The quantitative estimate of drug-likeness (QED) is 0.250. The van der Waals surface area contributed by atoms with Crippen LogP contribution in [0.5, 0.6) is 0 Å². The summed E-state index contributed by atoms with van der Waals surface area (Å²) in [6, 6.07) is 6.64.